The first-order valence-corrected chi connectivity index (χ1v) is 8.32. The van der Waals surface area contributed by atoms with Gasteiger partial charge in [-0.05, 0) is 25.1 Å². The van der Waals surface area contributed by atoms with E-state index >= 15 is 0 Å². The van der Waals surface area contributed by atoms with Crippen molar-refractivity contribution in [1.29, 1.82) is 0 Å². The van der Waals surface area contributed by atoms with Crippen LogP contribution in [0, 0.1) is 12.7 Å². The van der Waals surface area contributed by atoms with Crippen LogP contribution in [0.3, 0.4) is 0 Å². The largest absolute Gasteiger partial charge is 0.272 e. The molecule has 0 saturated heterocycles. The van der Waals surface area contributed by atoms with Crippen LogP contribution in [0.2, 0.25) is 0 Å². The Balaban J connectivity index is 1.88. The molecule has 0 bridgehead atoms. The normalized spacial score (nSPS) is 11.5. The third-order valence-corrected chi connectivity index (χ3v) is 5.05. The van der Waals surface area contributed by atoms with E-state index in [2.05, 4.69) is 36.3 Å². The Morgan fingerprint density at radius 1 is 1.22 bits per heavy atom. The van der Waals surface area contributed by atoms with Crippen molar-refractivity contribution in [2.45, 2.75) is 6.92 Å². The monoisotopic (exact) mass is 392 g/mol. The standard InChI is InChI=1S/C14H10BrFN6S/c1-7-10(6-17-21(7)2)13-20-22-12(18-19-14(22)23-13)9-4-3-8(15)5-11(9)16/h3-6H,1-2H3. The maximum Gasteiger partial charge on any atom is 0.235 e. The molecular weight excluding hydrogens is 383 g/mol. The highest BCUT2D eigenvalue weighted by Gasteiger charge is 2.19. The van der Waals surface area contributed by atoms with Gasteiger partial charge in [-0.1, -0.05) is 27.3 Å². The first kappa shape index (κ1) is 14.5. The topological polar surface area (TPSA) is 60.9 Å². The number of fused-ring (bicyclic) bond motifs is 1. The second-order valence-electron chi connectivity index (χ2n) is 5.02. The van der Waals surface area contributed by atoms with Crippen LogP contribution in [0.4, 0.5) is 4.39 Å². The minimum atomic E-state index is -0.374. The number of aryl methyl sites for hydroxylation is 1. The molecule has 0 amide bonds. The average Bonchev–Trinajstić information content (AvgIpc) is 3.16. The Morgan fingerprint density at radius 2 is 2.04 bits per heavy atom. The summed E-state index contributed by atoms with van der Waals surface area (Å²) >= 11 is 4.64. The molecule has 4 rings (SSSR count). The number of nitrogens with zero attached hydrogens (tertiary/aromatic N) is 6. The van der Waals surface area contributed by atoms with Gasteiger partial charge in [-0.2, -0.15) is 14.7 Å². The molecule has 23 heavy (non-hydrogen) atoms. The maximum atomic E-state index is 14.2. The van der Waals surface area contributed by atoms with E-state index < -0.39 is 0 Å². The summed E-state index contributed by atoms with van der Waals surface area (Å²) in [7, 11) is 1.88. The van der Waals surface area contributed by atoms with E-state index in [-0.39, 0.29) is 5.82 Å². The van der Waals surface area contributed by atoms with Gasteiger partial charge in [0, 0.05) is 17.2 Å². The second-order valence-corrected chi connectivity index (χ2v) is 6.89. The van der Waals surface area contributed by atoms with E-state index in [1.54, 1.807) is 27.5 Å². The molecule has 0 aliphatic carbocycles. The van der Waals surface area contributed by atoms with Crippen molar-refractivity contribution in [3.05, 3.63) is 40.4 Å². The van der Waals surface area contributed by atoms with Crippen LogP contribution in [0.1, 0.15) is 5.69 Å². The summed E-state index contributed by atoms with van der Waals surface area (Å²) in [6, 6.07) is 4.82. The highest BCUT2D eigenvalue weighted by molar-refractivity contribution is 9.10. The molecule has 0 aliphatic rings. The molecule has 0 fully saturated rings. The molecule has 3 aromatic heterocycles. The fraction of sp³-hybridized carbons (Fsp3) is 0.143. The number of hydrogen-bond donors (Lipinski definition) is 0. The summed E-state index contributed by atoms with van der Waals surface area (Å²) in [5, 5.41) is 17.7. The lowest BCUT2D eigenvalue weighted by Gasteiger charge is -2.00. The highest BCUT2D eigenvalue weighted by Crippen LogP contribution is 2.30. The average molecular weight is 393 g/mol. The quantitative estimate of drug-likeness (QED) is 0.523. The maximum absolute atomic E-state index is 14.2. The number of rotatable bonds is 2. The third kappa shape index (κ3) is 2.27. The van der Waals surface area contributed by atoms with Crippen molar-refractivity contribution in [3.8, 4) is 22.0 Å². The van der Waals surface area contributed by atoms with E-state index in [0.29, 0.717) is 20.8 Å². The van der Waals surface area contributed by atoms with Crippen LogP contribution in [0.5, 0.6) is 0 Å². The fourth-order valence-corrected chi connectivity index (χ4v) is 3.51. The number of aromatic nitrogens is 6. The molecule has 0 N–H and O–H groups in total. The van der Waals surface area contributed by atoms with Crippen LogP contribution in [-0.4, -0.2) is 29.6 Å². The SMILES string of the molecule is Cc1c(-c2nn3c(-c4ccc(Br)cc4F)nnc3s2)cnn1C. The zero-order chi connectivity index (χ0) is 16.1. The van der Waals surface area contributed by atoms with Crippen molar-refractivity contribution in [2.24, 2.45) is 7.05 Å². The predicted octanol–water partition coefficient (Wildman–Crippen LogP) is 3.46. The zero-order valence-corrected chi connectivity index (χ0v) is 14.6. The molecule has 0 spiro atoms. The van der Waals surface area contributed by atoms with Gasteiger partial charge in [0.15, 0.2) is 10.8 Å². The summed E-state index contributed by atoms with van der Waals surface area (Å²) in [5.41, 5.74) is 2.30. The van der Waals surface area contributed by atoms with Gasteiger partial charge in [0.25, 0.3) is 0 Å². The Hall–Kier alpha value is -2.13. The van der Waals surface area contributed by atoms with E-state index in [1.807, 2.05) is 14.0 Å². The summed E-state index contributed by atoms with van der Waals surface area (Å²) in [6.45, 7) is 1.97. The first-order valence-electron chi connectivity index (χ1n) is 6.71. The first-order chi connectivity index (χ1) is 11.0. The molecule has 116 valence electrons. The van der Waals surface area contributed by atoms with Crippen molar-refractivity contribution in [2.75, 3.05) is 0 Å². The molecular formula is C14H10BrFN6S. The molecule has 0 aliphatic heterocycles. The fourth-order valence-electron chi connectivity index (χ4n) is 2.27. The van der Waals surface area contributed by atoms with Gasteiger partial charge in [-0.15, -0.1) is 10.2 Å². The molecule has 6 nitrogen and oxygen atoms in total. The highest BCUT2D eigenvalue weighted by atomic mass is 79.9. The van der Waals surface area contributed by atoms with Crippen LogP contribution in [0.15, 0.2) is 28.9 Å². The summed E-state index contributed by atoms with van der Waals surface area (Å²) < 4.78 is 18.2. The van der Waals surface area contributed by atoms with Crippen molar-refractivity contribution in [3.63, 3.8) is 0 Å². The zero-order valence-electron chi connectivity index (χ0n) is 12.2. The Labute approximate surface area is 142 Å². The number of hydrogen-bond acceptors (Lipinski definition) is 5. The number of benzene rings is 1. The smallest absolute Gasteiger partial charge is 0.235 e. The summed E-state index contributed by atoms with van der Waals surface area (Å²) in [4.78, 5) is 0.612. The molecule has 4 aromatic rings. The minimum absolute atomic E-state index is 0.362. The van der Waals surface area contributed by atoms with E-state index in [1.165, 1.54) is 17.4 Å². The summed E-state index contributed by atoms with van der Waals surface area (Å²) in [6.07, 6.45) is 1.76. The Kier molecular flexibility index (Phi) is 3.27. The summed E-state index contributed by atoms with van der Waals surface area (Å²) in [5.74, 6) is 0.00910. The van der Waals surface area contributed by atoms with Gasteiger partial charge in [0.1, 0.15) is 5.82 Å². The van der Waals surface area contributed by atoms with Crippen molar-refractivity contribution in [1.82, 2.24) is 29.6 Å². The van der Waals surface area contributed by atoms with Crippen LogP contribution in [0.25, 0.3) is 26.9 Å². The lowest BCUT2D eigenvalue weighted by Crippen LogP contribution is -1.95. The molecule has 0 radical (unpaired) electrons. The molecule has 3 heterocycles. The lowest BCUT2D eigenvalue weighted by atomic mass is 10.2. The minimum Gasteiger partial charge on any atom is -0.272 e. The van der Waals surface area contributed by atoms with Gasteiger partial charge in [-0.3, -0.25) is 4.68 Å². The van der Waals surface area contributed by atoms with Gasteiger partial charge in [0.05, 0.1) is 17.3 Å². The molecule has 0 atom stereocenters. The van der Waals surface area contributed by atoms with Crippen LogP contribution < -0.4 is 0 Å². The van der Waals surface area contributed by atoms with E-state index in [4.69, 9.17) is 0 Å². The molecule has 0 unspecified atom stereocenters. The lowest BCUT2D eigenvalue weighted by molar-refractivity contribution is 0.628. The van der Waals surface area contributed by atoms with Crippen LogP contribution in [-0.2, 0) is 7.05 Å². The van der Waals surface area contributed by atoms with Gasteiger partial charge in [0.2, 0.25) is 4.96 Å². The predicted molar refractivity (Wildman–Crippen MR) is 88.7 cm³/mol. The third-order valence-electron chi connectivity index (χ3n) is 3.63. The Bertz CT molecular complexity index is 1030. The van der Waals surface area contributed by atoms with Gasteiger partial charge >= 0.3 is 0 Å². The van der Waals surface area contributed by atoms with E-state index in [0.717, 1.165) is 16.3 Å². The molecule has 0 saturated carbocycles. The van der Waals surface area contributed by atoms with E-state index in [9.17, 15) is 4.39 Å². The van der Waals surface area contributed by atoms with Crippen molar-refractivity contribution >= 4 is 32.2 Å². The number of halogens is 2. The van der Waals surface area contributed by atoms with Gasteiger partial charge in [-0.25, -0.2) is 4.39 Å². The second kappa shape index (κ2) is 5.20. The molecule has 9 heteroatoms. The van der Waals surface area contributed by atoms with Crippen molar-refractivity contribution < 1.29 is 4.39 Å². The molecule has 1 aromatic carbocycles. The van der Waals surface area contributed by atoms with Crippen LogP contribution >= 0.6 is 27.3 Å². The van der Waals surface area contributed by atoms with Gasteiger partial charge < -0.3 is 0 Å². The Morgan fingerprint density at radius 3 is 2.74 bits per heavy atom.